The van der Waals surface area contributed by atoms with Crippen molar-refractivity contribution in [3.63, 3.8) is 0 Å². The van der Waals surface area contributed by atoms with Crippen molar-refractivity contribution in [2.24, 2.45) is 0 Å². The Morgan fingerprint density at radius 2 is 1.50 bits per heavy atom. The molecule has 0 heterocycles. The lowest BCUT2D eigenvalue weighted by atomic mass is 10.1. The van der Waals surface area contributed by atoms with E-state index in [-0.39, 0.29) is 0 Å². The molecular weight excluding hydrogens is 190 g/mol. The summed E-state index contributed by atoms with van der Waals surface area (Å²) in [6, 6.07) is 0. The molecule has 1 nitrogen and oxygen atoms in total. The zero-order chi connectivity index (χ0) is 9.99. The normalized spacial score (nSPS) is 16.2. The van der Waals surface area contributed by atoms with Crippen LogP contribution in [0.5, 0.6) is 0 Å². The largest absolute Gasteiger partial charge is 0.425 e. The fraction of sp³-hybridized carbons (Fsp3) is 1.00. The van der Waals surface area contributed by atoms with Crippen molar-refractivity contribution >= 4 is 0 Å². The molecule has 1 unspecified atom stereocenters. The van der Waals surface area contributed by atoms with Crippen LogP contribution in [-0.4, -0.2) is 30.0 Å². The monoisotopic (exact) mass is 196 g/mol. The van der Waals surface area contributed by atoms with Gasteiger partial charge in [-0.2, -0.15) is 13.2 Å². The number of hydrogen-bond acceptors (Lipinski definition) is 1. The van der Waals surface area contributed by atoms with Gasteiger partial charge >= 0.3 is 6.18 Å². The molecule has 0 fully saturated rings. The molecule has 0 aromatic rings. The molecule has 7 heteroatoms. The van der Waals surface area contributed by atoms with Crippen LogP contribution >= 0.6 is 0 Å². The first-order valence-corrected chi connectivity index (χ1v) is 2.91. The maximum absolute atomic E-state index is 12.1. The Morgan fingerprint density at radius 1 is 1.08 bits per heavy atom. The van der Waals surface area contributed by atoms with Crippen molar-refractivity contribution in [1.29, 1.82) is 0 Å². The number of alkyl halides is 6. The Balaban J connectivity index is 4.34. The smallest absolute Gasteiger partial charge is 0.396 e. The lowest BCUT2D eigenvalue weighted by Gasteiger charge is -2.21. The van der Waals surface area contributed by atoms with E-state index in [9.17, 15) is 26.3 Å². The SMILES string of the molecule is OCCC(F)(F)C(F)C(F)(F)F. The number of aliphatic hydroxyl groups excluding tert-OH is 1. The average molecular weight is 196 g/mol. The van der Waals surface area contributed by atoms with Gasteiger partial charge in [0.1, 0.15) is 0 Å². The first kappa shape index (κ1) is 11.5. The summed E-state index contributed by atoms with van der Waals surface area (Å²) >= 11 is 0. The number of hydrogen-bond donors (Lipinski definition) is 1. The van der Waals surface area contributed by atoms with Crippen molar-refractivity contribution in [2.45, 2.75) is 24.7 Å². The van der Waals surface area contributed by atoms with E-state index in [4.69, 9.17) is 5.11 Å². The molecule has 0 rings (SSSR count). The first-order chi connectivity index (χ1) is 5.22. The van der Waals surface area contributed by atoms with E-state index < -0.39 is 31.3 Å². The van der Waals surface area contributed by atoms with Gasteiger partial charge in [0, 0.05) is 13.0 Å². The summed E-state index contributed by atoms with van der Waals surface area (Å²) in [6.07, 6.45) is -11.3. The van der Waals surface area contributed by atoms with E-state index in [1.165, 1.54) is 0 Å². The van der Waals surface area contributed by atoms with E-state index >= 15 is 0 Å². The Labute approximate surface area is 64.0 Å². The molecule has 1 N–H and O–H groups in total. The maximum atomic E-state index is 12.1. The standard InChI is InChI=1S/C5H6F6O/c6-3(5(9,10)11)4(7,8)1-2-12/h3,12H,1-2H2. The average Bonchev–Trinajstić information content (AvgIpc) is 1.84. The van der Waals surface area contributed by atoms with Gasteiger partial charge in [0.25, 0.3) is 12.1 Å². The van der Waals surface area contributed by atoms with Gasteiger partial charge in [-0.1, -0.05) is 0 Å². The highest BCUT2D eigenvalue weighted by Crippen LogP contribution is 2.36. The third-order valence-electron chi connectivity index (χ3n) is 1.10. The van der Waals surface area contributed by atoms with Gasteiger partial charge in [0.05, 0.1) is 0 Å². The molecule has 0 aromatic heterocycles. The quantitative estimate of drug-likeness (QED) is 0.683. The summed E-state index contributed by atoms with van der Waals surface area (Å²) in [5, 5.41) is 7.90. The van der Waals surface area contributed by atoms with Gasteiger partial charge in [-0.3, -0.25) is 0 Å². The van der Waals surface area contributed by atoms with Crippen LogP contribution in [0.25, 0.3) is 0 Å². The van der Waals surface area contributed by atoms with Crippen LogP contribution in [-0.2, 0) is 0 Å². The predicted molar refractivity (Wildman–Crippen MR) is 27.6 cm³/mol. The molecule has 0 aliphatic rings. The fourth-order valence-corrected chi connectivity index (χ4v) is 0.515. The zero-order valence-corrected chi connectivity index (χ0v) is 5.71. The highest BCUT2D eigenvalue weighted by Gasteiger charge is 2.56. The van der Waals surface area contributed by atoms with Crippen LogP contribution in [0.2, 0.25) is 0 Å². The Morgan fingerprint density at radius 3 is 1.75 bits per heavy atom. The Bertz CT molecular complexity index is 141. The fourth-order valence-electron chi connectivity index (χ4n) is 0.515. The molecule has 74 valence electrons. The Kier molecular flexibility index (Phi) is 3.37. The highest BCUT2D eigenvalue weighted by molar-refractivity contribution is 4.82. The van der Waals surface area contributed by atoms with Crippen LogP contribution in [0.4, 0.5) is 26.3 Å². The molecule has 0 aromatic carbocycles. The van der Waals surface area contributed by atoms with Gasteiger partial charge in [0.15, 0.2) is 0 Å². The van der Waals surface area contributed by atoms with Crippen molar-refractivity contribution in [3.8, 4) is 0 Å². The van der Waals surface area contributed by atoms with Crippen LogP contribution in [0.15, 0.2) is 0 Å². The summed E-state index contributed by atoms with van der Waals surface area (Å²) < 4.78 is 70.0. The first-order valence-electron chi connectivity index (χ1n) is 2.91. The van der Waals surface area contributed by atoms with E-state index in [2.05, 4.69) is 0 Å². The van der Waals surface area contributed by atoms with E-state index in [0.29, 0.717) is 0 Å². The highest BCUT2D eigenvalue weighted by atomic mass is 19.4. The molecule has 0 radical (unpaired) electrons. The second-order valence-electron chi connectivity index (χ2n) is 2.14. The Hall–Kier alpha value is -0.460. The van der Waals surface area contributed by atoms with Crippen molar-refractivity contribution in [3.05, 3.63) is 0 Å². The second-order valence-corrected chi connectivity index (χ2v) is 2.14. The van der Waals surface area contributed by atoms with Gasteiger partial charge in [-0.15, -0.1) is 0 Å². The third kappa shape index (κ3) is 2.88. The predicted octanol–water partition coefficient (Wildman–Crippen LogP) is 1.90. The van der Waals surface area contributed by atoms with Crippen molar-refractivity contribution in [2.75, 3.05) is 6.61 Å². The molecule has 0 bridgehead atoms. The molecule has 0 saturated carbocycles. The number of rotatable bonds is 3. The number of aliphatic hydroxyl groups is 1. The molecule has 1 atom stereocenters. The van der Waals surface area contributed by atoms with E-state index in [0.717, 1.165) is 0 Å². The minimum atomic E-state index is -5.58. The van der Waals surface area contributed by atoms with E-state index in [1.54, 1.807) is 0 Å². The molecule has 0 aliphatic heterocycles. The second kappa shape index (κ2) is 3.51. The van der Waals surface area contributed by atoms with Gasteiger partial charge in [-0.25, -0.2) is 13.2 Å². The van der Waals surface area contributed by atoms with Gasteiger partial charge < -0.3 is 5.11 Å². The lowest BCUT2D eigenvalue weighted by Crippen LogP contribution is -2.42. The van der Waals surface area contributed by atoms with Crippen LogP contribution < -0.4 is 0 Å². The van der Waals surface area contributed by atoms with Crippen LogP contribution in [0.1, 0.15) is 6.42 Å². The summed E-state index contributed by atoms with van der Waals surface area (Å²) in [5.74, 6) is -4.55. The van der Waals surface area contributed by atoms with Crippen LogP contribution in [0, 0.1) is 0 Å². The topological polar surface area (TPSA) is 20.2 Å². The number of halogens is 6. The van der Waals surface area contributed by atoms with Crippen LogP contribution in [0.3, 0.4) is 0 Å². The van der Waals surface area contributed by atoms with Crippen molar-refractivity contribution < 1.29 is 31.4 Å². The summed E-state index contributed by atoms with van der Waals surface area (Å²) in [7, 11) is 0. The summed E-state index contributed by atoms with van der Waals surface area (Å²) in [5.41, 5.74) is 0. The summed E-state index contributed by atoms with van der Waals surface area (Å²) in [4.78, 5) is 0. The molecule has 0 aliphatic carbocycles. The zero-order valence-electron chi connectivity index (χ0n) is 5.71. The molecule has 0 amide bonds. The van der Waals surface area contributed by atoms with Crippen molar-refractivity contribution in [1.82, 2.24) is 0 Å². The van der Waals surface area contributed by atoms with E-state index in [1.807, 2.05) is 0 Å². The lowest BCUT2D eigenvalue weighted by molar-refractivity contribution is -0.246. The molecule has 12 heavy (non-hydrogen) atoms. The molecule has 0 saturated heterocycles. The molecular formula is C5H6F6O. The maximum Gasteiger partial charge on any atom is 0.425 e. The van der Waals surface area contributed by atoms with Gasteiger partial charge in [0.2, 0.25) is 0 Å². The summed E-state index contributed by atoms with van der Waals surface area (Å²) in [6.45, 7) is -1.19. The minimum Gasteiger partial charge on any atom is -0.396 e. The molecule has 0 spiro atoms. The third-order valence-corrected chi connectivity index (χ3v) is 1.10. The van der Waals surface area contributed by atoms with Gasteiger partial charge in [-0.05, 0) is 0 Å². The minimum absolute atomic E-state index is 1.19.